The first-order valence-corrected chi connectivity index (χ1v) is 7.59. The standard InChI is InChI=1S/C16H14ClN3O4/c1-2-23-16(22)9-24-11-4-6-14(15(21)8-11)20-18-12-5-3-10(17)7-13(12)19-20/h3-8,21H,2,9H2,1H3. The van der Waals surface area contributed by atoms with Crippen LogP contribution in [0.5, 0.6) is 11.5 Å². The number of nitrogens with zero attached hydrogens (tertiary/aromatic N) is 3. The van der Waals surface area contributed by atoms with Crippen molar-refractivity contribution in [1.29, 1.82) is 0 Å². The molecule has 1 aromatic heterocycles. The first-order chi connectivity index (χ1) is 11.6. The summed E-state index contributed by atoms with van der Waals surface area (Å²) in [6, 6.07) is 9.74. The minimum absolute atomic E-state index is 0.0808. The van der Waals surface area contributed by atoms with Crippen molar-refractivity contribution in [3.05, 3.63) is 41.4 Å². The van der Waals surface area contributed by atoms with E-state index in [0.29, 0.717) is 27.5 Å². The van der Waals surface area contributed by atoms with Crippen LogP contribution in [0, 0.1) is 0 Å². The van der Waals surface area contributed by atoms with Crippen LogP contribution in [0.25, 0.3) is 16.7 Å². The molecule has 8 heteroatoms. The lowest BCUT2D eigenvalue weighted by Crippen LogP contribution is -2.14. The van der Waals surface area contributed by atoms with Gasteiger partial charge in [-0.05, 0) is 37.3 Å². The zero-order chi connectivity index (χ0) is 17.1. The van der Waals surface area contributed by atoms with E-state index in [1.807, 2.05) is 0 Å². The molecule has 7 nitrogen and oxygen atoms in total. The summed E-state index contributed by atoms with van der Waals surface area (Å²) in [5, 5.41) is 19.3. The number of aromatic nitrogens is 3. The molecule has 0 amide bonds. The SMILES string of the molecule is CCOC(=O)COc1ccc(-n2nc3ccc(Cl)cc3n2)c(O)c1. The summed E-state index contributed by atoms with van der Waals surface area (Å²) in [5.74, 6) is -0.218. The quantitative estimate of drug-likeness (QED) is 0.714. The van der Waals surface area contributed by atoms with Gasteiger partial charge >= 0.3 is 5.97 Å². The number of carbonyl (C=O) groups excluding carboxylic acids is 1. The highest BCUT2D eigenvalue weighted by molar-refractivity contribution is 6.31. The Morgan fingerprint density at radius 3 is 2.75 bits per heavy atom. The lowest BCUT2D eigenvalue weighted by molar-refractivity contribution is -0.145. The predicted octanol–water partition coefficient (Wildman–Crippen LogP) is 2.72. The third-order valence-electron chi connectivity index (χ3n) is 3.17. The lowest BCUT2D eigenvalue weighted by atomic mass is 10.3. The van der Waals surface area contributed by atoms with E-state index >= 15 is 0 Å². The van der Waals surface area contributed by atoms with Gasteiger partial charge in [-0.3, -0.25) is 0 Å². The van der Waals surface area contributed by atoms with E-state index in [0.717, 1.165) is 0 Å². The number of rotatable bonds is 5. The molecule has 0 atom stereocenters. The second kappa shape index (κ2) is 6.76. The van der Waals surface area contributed by atoms with Crippen molar-refractivity contribution < 1.29 is 19.4 Å². The van der Waals surface area contributed by atoms with Crippen molar-refractivity contribution in [2.75, 3.05) is 13.2 Å². The number of esters is 1. The largest absolute Gasteiger partial charge is 0.505 e. The van der Waals surface area contributed by atoms with Crippen molar-refractivity contribution >= 4 is 28.6 Å². The van der Waals surface area contributed by atoms with Crippen molar-refractivity contribution in [3.63, 3.8) is 0 Å². The van der Waals surface area contributed by atoms with Gasteiger partial charge in [0.25, 0.3) is 0 Å². The molecule has 0 spiro atoms. The maximum absolute atomic E-state index is 11.3. The highest BCUT2D eigenvalue weighted by Crippen LogP contribution is 2.27. The second-order valence-electron chi connectivity index (χ2n) is 4.87. The topological polar surface area (TPSA) is 86.5 Å². The zero-order valence-corrected chi connectivity index (χ0v) is 13.5. The van der Waals surface area contributed by atoms with Crippen molar-refractivity contribution in [2.24, 2.45) is 0 Å². The maximum atomic E-state index is 11.3. The van der Waals surface area contributed by atoms with Gasteiger partial charge in [-0.2, -0.15) is 0 Å². The molecule has 0 aliphatic carbocycles. The van der Waals surface area contributed by atoms with Crippen LogP contribution < -0.4 is 4.74 Å². The Morgan fingerprint density at radius 2 is 2.00 bits per heavy atom. The number of phenolic OH excluding ortho intramolecular Hbond substituents is 1. The van der Waals surface area contributed by atoms with E-state index in [4.69, 9.17) is 21.1 Å². The van der Waals surface area contributed by atoms with Gasteiger partial charge in [-0.15, -0.1) is 15.0 Å². The number of benzene rings is 2. The fraction of sp³-hybridized carbons (Fsp3) is 0.188. The molecule has 1 heterocycles. The molecule has 124 valence electrons. The number of halogens is 1. The number of aromatic hydroxyl groups is 1. The second-order valence-corrected chi connectivity index (χ2v) is 5.30. The van der Waals surface area contributed by atoms with Gasteiger partial charge in [-0.25, -0.2) is 4.79 Å². The van der Waals surface area contributed by atoms with E-state index in [9.17, 15) is 9.90 Å². The van der Waals surface area contributed by atoms with Gasteiger partial charge in [0, 0.05) is 11.1 Å². The van der Waals surface area contributed by atoms with Gasteiger partial charge in [0.05, 0.1) is 6.61 Å². The van der Waals surface area contributed by atoms with Crippen LogP contribution >= 0.6 is 11.6 Å². The minimum Gasteiger partial charge on any atom is -0.505 e. The van der Waals surface area contributed by atoms with Crippen LogP contribution in [-0.4, -0.2) is 39.3 Å². The van der Waals surface area contributed by atoms with Crippen molar-refractivity contribution in [3.8, 4) is 17.2 Å². The highest BCUT2D eigenvalue weighted by atomic mass is 35.5. The molecule has 0 fully saturated rings. The Balaban J connectivity index is 1.82. The number of ether oxygens (including phenoxy) is 2. The Kier molecular flexibility index (Phi) is 4.52. The van der Waals surface area contributed by atoms with Gasteiger partial charge in [0.2, 0.25) is 0 Å². The molecule has 0 radical (unpaired) electrons. The minimum atomic E-state index is -0.474. The molecule has 24 heavy (non-hydrogen) atoms. The summed E-state index contributed by atoms with van der Waals surface area (Å²) < 4.78 is 10.0. The molecular weight excluding hydrogens is 334 g/mol. The number of hydrogen-bond donors (Lipinski definition) is 1. The molecule has 0 aliphatic rings. The number of carbonyl (C=O) groups is 1. The molecule has 2 aromatic carbocycles. The van der Waals surface area contributed by atoms with Crippen LogP contribution in [0.2, 0.25) is 5.02 Å². The molecule has 3 rings (SSSR count). The predicted molar refractivity (Wildman–Crippen MR) is 87.7 cm³/mol. The third-order valence-corrected chi connectivity index (χ3v) is 3.40. The van der Waals surface area contributed by atoms with Crippen LogP contribution in [0.4, 0.5) is 0 Å². The van der Waals surface area contributed by atoms with E-state index in [-0.39, 0.29) is 19.0 Å². The summed E-state index contributed by atoms with van der Waals surface area (Å²) in [6.07, 6.45) is 0. The molecule has 0 saturated heterocycles. The molecule has 0 unspecified atom stereocenters. The number of phenols is 1. The molecule has 0 bridgehead atoms. The van der Waals surface area contributed by atoms with Gasteiger partial charge in [0.1, 0.15) is 28.2 Å². The van der Waals surface area contributed by atoms with Gasteiger partial charge in [-0.1, -0.05) is 11.6 Å². The van der Waals surface area contributed by atoms with Gasteiger partial charge in [0.15, 0.2) is 6.61 Å². The van der Waals surface area contributed by atoms with Crippen LogP contribution in [-0.2, 0) is 9.53 Å². The van der Waals surface area contributed by atoms with E-state index in [2.05, 4.69) is 10.2 Å². The Bertz CT molecular complexity index is 894. The molecular formula is C16H14ClN3O4. The molecule has 0 saturated carbocycles. The normalized spacial score (nSPS) is 10.8. The first kappa shape index (κ1) is 16.1. The van der Waals surface area contributed by atoms with Gasteiger partial charge < -0.3 is 14.6 Å². The lowest BCUT2D eigenvalue weighted by Gasteiger charge is -2.08. The summed E-state index contributed by atoms with van der Waals surface area (Å²) in [6.45, 7) is 1.77. The van der Waals surface area contributed by atoms with Crippen LogP contribution in [0.3, 0.4) is 0 Å². The van der Waals surface area contributed by atoms with Crippen molar-refractivity contribution in [1.82, 2.24) is 15.0 Å². The fourth-order valence-corrected chi connectivity index (χ4v) is 2.27. The Morgan fingerprint density at radius 1 is 1.21 bits per heavy atom. The fourth-order valence-electron chi connectivity index (χ4n) is 2.10. The molecule has 1 N–H and O–H groups in total. The Labute approximate surface area is 142 Å². The maximum Gasteiger partial charge on any atom is 0.344 e. The van der Waals surface area contributed by atoms with E-state index < -0.39 is 5.97 Å². The zero-order valence-electron chi connectivity index (χ0n) is 12.8. The molecule has 3 aromatic rings. The third kappa shape index (κ3) is 3.41. The van der Waals surface area contributed by atoms with Crippen molar-refractivity contribution in [2.45, 2.75) is 6.92 Å². The summed E-state index contributed by atoms with van der Waals surface area (Å²) in [4.78, 5) is 12.6. The average Bonchev–Trinajstić information content (AvgIpc) is 2.96. The van der Waals surface area contributed by atoms with E-state index in [1.165, 1.54) is 10.9 Å². The monoisotopic (exact) mass is 347 g/mol. The summed E-state index contributed by atoms with van der Waals surface area (Å²) in [5.41, 5.74) is 1.65. The number of hydrogen-bond acceptors (Lipinski definition) is 6. The summed E-state index contributed by atoms with van der Waals surface area (Å²) >= 11 is 5.93. The number of fused-ring (bicyclic) bond motifs is 1. The summed E-state index contributed by atoms with van der Waals surface area (Å²) in [7, 11) is 0. The highest BCUT2D eigenvalue weighted by Gasteiger charge is 2.11. The van der Waals surface area contributed by atoms with Crippen LogP contribution in [0.1, 0.15) is 6.92 Å². The average molecular weight is 348 g/mol. The molecule has 0 aliphatic heterocycles. The van der Waals surface area contributed by atoms with E-state index in [1.54, 1.807) is 37.3 Å². The smallest absolute Gasteiger partial charge is 0.344 e. The van der Waals surface area contributed by atoms with Crippen LogP contribution in [0.15, 0.2) is 36.4 Å². The first-order valence-electron chi connectivity index (χ1n) is 7.21. The Hall–Kier alpha value is -2.80.